The number of pyridine rings is 1. The second-order valence-corrected chi connectivity index (χ2v) is 11.9. The molecule has 1 amide bonds. The zero-order chi connectivity index (χ0) is 28.4. The number of hydrogen-bond donors (Lipinski definition) is 0. The lowest BCUT2D eigenvalue weighted by Crippen LogP contribution is -2.63. The van der Waals surface area contributed by atoms with Crippen molar-refractivity contribution in [1.82, 2.24) is 19.7 Å². The van der Waals surface area contributed by atoms with E-state index in [1.54, 1.807) is 23.9 Å². The van der Waals surface area contributed by atoms with E-state index < -0.39 is 42.4 Å². The molecule has 1 saturated heterocycles. The first kappa shape index (κ1) is 25.5. The molecule has 12 heteroatoms. The van der Waals surface area contributed by atoms with Gasteiger partial charge in [-0.05, 0) is 62.5 Å². The van der Waals surface area contributed by atoms with Crippen LogP contribution in [0.15, 0.2) is 48.8 Å². The van der Waals surface area contributed by atoms with Gasteiger partial charge in [-0.3, -0.25) is 14.5 Å². The van der Waals surface area contributed by atoms with E-state index in [2.05, 4.69) is 10.1 Å². The number of hydrogen-bond acceptors (Lipinski definition) is 5. The molecular weight excluding hydrogens is 511 g/mol. The number of rotatable bonds is 2. The number of carbonyl (C=O) groups excluding carboxylic acids is 1. The number of amides is 1. The number of aromatic nitrogens is 3. The Kier molecular flexibility index (Phi) is 5.12. The SMILES string of the molecule is [B]C12B(F)c3cc(-c4cccc5nn(C)cc45)cc(F)c3CN1C(=O)c1cc(B3OC(C)(C)C(C)(C)O3)cnc12. The second-order valence-electron chi connectivity index (χ2n) is 11.9. The Balaban J connectivity index is 1.31. The number of carbonyl (C=O) groups is 1. The zero-order valence-electron chi connectivity index (χ0n) is 22.8. The number of halogens is 2. The Morgan fingerprint density at radius 1 is 1.07 bits per heavy atom. The highest BCUT2D eigenvalue weighted by atomic mass is 19.1. The van der Waals surface area contributed by atoms with Gasteiger partial charge in [0.2, 0.25) is 0 Å². The molecular formula is C28H25B3F2N4O3. The molecule has 0 spiro atoms. The number of benzene rings is 2. The fourth-order valence-corrected chi connectivity index (χ4v) is 5.99. The van der Waals surface area contributed by atoms with Crippen molar-refractivity contribution in [2.45, 2.75) is 50.8 Å². The van der Waals surface area contributed by atoms with Gasteiger partial charge in [0.25, 0.3) is 5.91 Å². The summed E-state index contributed by atoms with van der Waals surface area (Å²) in [4.78, 5) is 19.2. The third kappa shape index (κ3) is 3.29. The van der Waals surface area contributed by atoms with Crippen LogP contribution in [0.3, 0.4) is 0 Å². The van der Waals surface area contributed by atoms with Crippen LogP contribution in [-0.4, -0.2) is 58.7 Å². The maximum Gasteiger partial charge on any atom is 0.496 e. The van der Waals surface area contributed by atoms with Gasteiger partial charge in [-0.15, -0.1) is 0 Å². The van der Waals surface area contributed by atoms with Crippen molar-refractivity contribution in [2.24, 2.45) is 7.05 Å². The fourth-order valence-electron chi connectivity index (χ4n) is 5.99. The normalized spacial score (nSPS) is 22.6. The average molecular weight is 536 g/mol. The predicted molar refractivity (Wildman–Crippen MR) is 150 cm³/mol. The highest BCUT2D eigenvalue weighted by Crippen LogP contribution is 2.43. The molecule has 1 unspecified atom stereocenters. The minimum absolute atomic E-state index is 0.100. The van der Waals surface area contributed by atoms with E-state index in [0.717, 1.165) is 16.5 Å². The highest BCUT2D eigenvalue weighted by Gasteiger charge is 2.59. The van der Waals surface area contributed by atoms with Crippen LogP contribution in [0.4, 0.5) is 8.71 Å². The van der Waals surface area contributed by atoms with Gasteiger partial charge in [-0.25, -0.2) is 4.39 Å². The van der Waals surface area contributed by atoms with Crippen LogP contribution in [0.25, 0.3) is 22.0 Å². The zero-order valence-corrected chi connectivity index (χ0v) is 22.8. The van der Waals surface area contributed by atoms with E-state index in [0.29, 0.717) is 11.0 Å². The molecule has 2 radical (unpaired) electrons. The van der Waals surface area contributed by atoms with Crippen LogP contribution in [0.1, 0.15) is 49.3 Å². The molecule has 0 saturated carbocycles. The summed E-state index contributed by atoms with van der Waals surface area (Å²) in [5, 5.41) is 3.35. The van der Waals surface area contributed by atoms with Crippen LogP contribution in [0, 0.1) is 5.82 Å². The Labute approximate surface area is 232 Å². The summed E-state index contributed by atoms with van der Waals surface area (Å²) in [5.41, 5.74) is 1.79. The minimum atomic E-state index is -1.92. The molecule has 3 aliphatic heterocycles. The Morgan fingerprint density at radius 2 is 1.80 bits per heavy atom. The fraction of sp³-hybridized carbons (Fsp3) is 0.321. The summed E-state index contributed by atoms with van der Waals surface area (Å²) in [5.74, 6) is -1.12. The van der Waals surface area contributed by atoms with Crippen molar-refractivity contribution in [1.29, 1.82) is 0 Å². The van der Waals surface area contributed by atoms with Gasteiger partial charge >= 0.3 is 14.1 Å². The van der Waals surface area contributed by atoms with Crippen molar-refractivity contribution in [3.63, 3.8) is 0 Å². The van der Waals surface area contributed by atoms with Gasteiger partial charge in [0.1, 0.15) is 13.7 Å². The molecule has 7 rings (SSSR count). The van der Waals surface area contributed by atoms with Crippen LogP contribution >= 0.6 is 0 Å². The molecule has 0 N–H and O–H groups in total. The van der Waals surface area contributed by atoms with E-state index in [9.17, 15) is 4.79 Å². The lowest BCUT2D eigenvalue weighted by molar-refractivity contribution is 0.00578. The van der Waals surface area contributed by atoms with Crippen molar-refractivity contribution >= 4 is 49.7 Å². The molecule has 3 aliphatic rings. The van der Waals surface area contributed by atoms with E-state index in [1.165, 1.54) is 17.2 Å². The number of aryl methyl sites for hydroxylation is 1. The lowest BCUT2D eigenvalue weighted by atomic mass is 9.37. The predicted octanol–water partition coefficient (Wildman–Crippen LogP) is 2.77. The van der Waals surface area contributed by atoms with Gasteiger partial charge in [-0.1, -0.05) is 18.2 Å². The Bertz CT molecular complexity index is 1740. The van der Waals surface area contributed by atoms with Crippen LogP contribution in [0.2, 0.25) is 0 Å². The molecule has 7 nitrogen and oxygen atoms in total. The van der Waals surface area contributed by atoms with Gasteiger partial charge in [0.15, 0.2) is 0 Å². The summed E-state index contributed by atoms with van der Waals surface area (Å²) < 4.78 is 46.1. The third-order valence-electron chi connectivity index (χ3n) is 8.92. The van der Waals surface area contributed by atoms with Crippen LogP contribution < -0.4 is 10.9 Å². The molecule has 0 bridgehead atoms. The molecule has 1 fully saturated rings. The van der Waals surface area contributed by atoms with Crippen molar-refractivity contribution in [3.05, 3.63) is 71.4 Å². The average Bonchev–Trinajstić information content (AvgIpc) is 3.46. The van der Waals surface area contributed by atoms with Gasteiger partial charge in [0.05, 0.1) is 33.3 Å². The number of nitrogens with zero attached hydrogens (tertiary/aromatic N) is 4. The molecule has 5 heterocycles. The Hall–Kier alpha value is -3.50. The van der Waals surface area contributed by atoms with E-state index in [4.69, 9.17) is 17.2 Å². The highest BCUT2D eigenvalue weighted by molar-refractivity contribution is 6.77. The lowest BCUT2D eigenvalue weighted by Gasteiger charge is -2.42. The molecule has 40 heavy (non-hydrogen) atoms. The second kappa shape index (κ2) is 8.04. The minimum Gasteiger partial charge on any atom is -0.399 e. The van der Waals surface area contributed by atoms with Crippen molar-refractivity contribution < 1.29 is 22.8 Å². The van der Waals surface area contributed by atoms with Crippen LogP contribution in [0.5, 0.6) is 0 Å². The molecule has 2 aromatic heterocycles. The van der Waals surface area contributed by atoms with Gasteiger partial charge < -0.3 is 18.5 Å². The molecule has 1 atom stereocenters. The molecule has 198 valence electrons. The first-order valence-corrected chi connectivity index (χ1v) is 13.2. The molecule has 4 aromatic rings. The smallest absolute Gasteiger partial charge is 0.399 e. The maximum absolute atomic E-state index is 16.6. The summed E-state index contributed by atoms with van der Waals surface area (Å²) >= 11 is 0. The third-order valence-corrected chi connectivity index (χ3v) is 8.92. The van der Waals surface area contributed by atoms with Crippen LogP contribution in [-0.2, 0) is 28.2 Å². The molecule has 2 aromatic carbocycles. The van der Waals surface area contributed by atoms with E-state index in [1.807, 2.05) is 52.1 Å². The van der Waals surface area contributed by atoms with E-state index >= 15 is 8.71 Å². The van der Waals surface area contributed by atoms with E-state index in [-0.39, 0.29) is 28.8 Å². The summed E-state index contributed by atoms with van der Waals surface area (Å²) in [7, 11) is 7.77. The van der Waals surface area contributed by atoms with Crippen molar-refractivity contribution in [2.75, 3.05) is 0 Å². The maximum atomic E-state index is 16.6. The topological polar surface area (TPSA) is 69.5 Å². The molecule has 0 aliphatic carbocycles. The largest absolute Gasteiger partial charge is 0.496 e. The number of fused-ring (bicyclic) bond motifs is 5. The summed E-state index contributed by atoms with van der Waals surface area (Å²) in [6.45, 7) is 5.61. The summed E-state index contributed by atoms with van der Waals surface area (Å²) in [6.07, 6.45) is 3.35. The Morgan fingerprint density at radius 3 is 2.52 bits per heavy atom. The van der Waals surface area contributed by atoms with Gasteiger partial charge in [-0.2, -0.15) is 5.10 Å². The standard InChI is InChI=1S/C28H25B3F2N4O3/c1-26(2)27(3,4)40-31(39-26)16-11-18-24(34-12-16)28(29)30(33)21-9-15(10-22(32)20(21)14-37(28)25(18)38)17-7-6-8-23-19(17)13-36(5)35-23/h6-13H,14H2,1-5H3. The van der Waals surface area contributed by atoms with Crippen molar-refractivity contribution in [3.8, 4) is 11.1 Å². The summed E-state index contributed by atoms with van der Waals surface area (Å²) in [6, 6.07) is 10.1. The first-order valence-electron chi connectivity index (χ1n) is 13.2. The first-order chi connectivity index (χ1) is 18.8. The quantitative estimate of drug-likeness (QED) is 0.369. The van der Waals surface area contributed by atoms with Gasteiger partial charge in [0, 0.05) is 42.4 Å². The monoisotopic (exact) mass is 536 g/mol.